The molecule has 1 rings (SSSR count). The van der Waals surface area contributed by atoms with E-state index in [4.69, 9.17) is 4.74 Å². The first-order chi connectivity index (χ1) is 10.2. The first-order valence-corrected chi connectivity index (χ1v) is 6.64. The minimum Gasteiger partial charge on any atom is -0.469 e. The fourth-order valence-corrected chi connectivity index (χ4v) is 1.56. The van der Waals surface area contributed by atoms with Crippen LogP contribution in [0, 0.1) is 0 Å². The summed E-state index contributed by atoms with van der Waals surface area (Å²) in [5.74, 6) is -0.530. The number of esters is 1. The van der Waals surface area contributed by atoms with Gasteiger partial charge in [-0.05, 0) is 32.0 Å². The lowest BCUT2D eigenvalue weighted by molar-refractivity contribution is -0.139. The van der Waals surface area contributed by atoms with E-state index in [1.54, 1.807) is 13.8 Å². The molecule has 0 saturated carbocycles. The molecule has 0 spiro atoms. The van der Waals surface area contributed by atoms with Gasteiger partial charge in [0.1, 0.15) is 0 Å². The fourth-order valence-electron chi connectivity index (χ4n) is 1.56. The summed E-state index contributed by atoms with van der Waals surface area (Å²) in [5.41, 5.74) is -0.378. The quantitative estimate of drug-likeness (QED) is 0.593. The largest absolute Gasteiger partial charge is 0.469 e. The molecule has 0 aromatic heterocycles. The van der Waals surface area contributed by atoms with E-state index in [9.17, 15) is 18.0 Å². The molecular formula is C15H18F3NO3. The fraction of sp³-hybridized carbons (Fsp3) is 0.467. The molecule has 22 heavy (non-hydrogen) atoms. The standard InChI is InChI=1S/C15H18F3NO3/c1-10(2)22-9-13(8-14(20)21-3)19-12-6-4-5-11(7-12)15(16,17)18/h4-7,10H,8-9H2,1-3H3. The molecule has 0 heterocycles. The number of hydrogen-bond donors (Lipinski definition) is 0. The minimum atomic E-state index is -4.44. The molecule has 122 valence electrons. The summed E-state index contributed by atoms with van der Waals surface area (Å²) in [6.45, 7) is 3.66. The number of alkyl halides is 3. The average molecular weight is 317 g/mol. The molecule has 0 fully saturated rings. The van der Waals surface area contributed by atoms with Gasteiger partial charge in [-0.1, -0.05) is 6.07 Å². The van der Waals surface area contributed by atoms with Crippen LogP contribution >= 0.6 is 0 Å². The van der Waals surface area contributed by atoms with E-state index in [1.807, 2.05) is 0 Å². The molecule has 0 aliphatic heterocycles. The number of rotatable bonds is 6. The Balaban J connectivity index is 3.01. The van der Waals surface area contributed by atoms with E-state index < -0.39 is 17.7 Å². The first-order valence-electron chi connectivity index (χ1n) is 6.64. The number of carbonyl (C=O) groups excluding carboxylic acids is 1. The second-order valence-electron chi connectivity index (χ2n) is 4.84. The molecular weight excluding hydrogens is 299 g/mol. The van der Waals surface area contributed by atoms with Crippen LogP contribution in [0.2, 0.25) is 0 Å². The molecule has 0 saturated heterocycles. The molecule has 1 aromatic rings. The summed E-state index contributed by atoms with van der Waals surface area (Å²) >= 11 is 0. The van der Waals surface area contributed by atoms with Gasteiger partial charge in [0.25, 0.3) is 0 Å². The SMILES string of the molecule is COC(=O)CC(COC(C)C)=Nc1cccc(C(F)(F)F)c1. The predicted molar refractivity (Wildman–Crippen MR) is 76.3 cm³/mol. The van der Waals surface area contributed by atoms with Crippen LogP contribution in [-0.4, -0.2) is 31.5 Å². The van der Waals surface area contributed by atoms with Gasteiger partial charge in [-0.15, -0.1) is 0 Å². The zero-order chi connectivity index (χ0) is 16.8. The molecule has 0 bridgehead atoms. The molecule has 7 heteroatoms. The van der Waals surface area contributed by atoms with Crippen LogP contribution in [0.5, 0.6) is 0 Å². The molecule has 0 atom stereocenters. The van der Waals surface area contributed by atoms with Gasteiger partial charge in [0.2, 0.25) is 0 Å². The third-order valence-electron chi connectivity index (χ3n) is 2.62. The third-order valence-corrected chi connectivity index (χ3v) is 2.62. The number of hydrogen-bond acceptors (Lipinski definition) is 4. The van der Waals surface area contributed by atoms with Crippen molar-refractivity contribution in [3.63, 3.8) is 0 Å². The van der Waals surface area contributed by atoms with Crippen molar-refractivity contribution in [1.82, 2.24) is 0 Å². The number of carbonyl (C=O) groups is 1. The van der Waals surface area contributed by atoms with Crippen molar-refractivity contribution >= 4 is 17.4 Å². The summed E-state index contributed by atoms with van der Waals surface area (Å²) in [4.78, 5) is 15.4. The van der Waals surface area contributed by atoms with E-state index in [2.05, 4.69) is 9.73 Å². The number of benzene rings is 1. The Labute approximate surface area is 126 Å². The van der Waals surface area contributed by atoms with Gasteiger partial charge in [-0.25, -0.2) is 0 Å². The van der Waals surface area contributed by atoms with E-state index in [0.717, 1.165) is 12.1 Å². The number of aliphatic imine (C=N–C) groups is 1. The van der Waals surface area contributed by atoms with Gasteiger partial charge in [0, 0.05) is 0 Å². The van der Waals surface area contributed by atoms with Crippen LogP contribution in [0.4, 0.5) is 18.9 Å². The summed E-state index contributed by atoms with van der Waals surface area (Å²) in [5, 5.41) is 0. The number of nitrogens with zero attached hydrogens (tertiary/aromatic N) is 1. The highest BCUT2D eigenvalue weighted by Gasteiger charge is 2.30. The van der Waals surface area contributed by atoms with Gasteiger partial charge >= 0.3 is 12.1 Å². The predicted octanol–water partition coefficient (Wildman–Crippen LogP) is 3.77. The average Bonchev–Trinajstić information content (AvgIpc) is 2.44. The Hall–Kier alpha value is -1.89. The molecule has 4 nitrogen and oxygen atoms in total. The van der Waals surface area contributed by atoms with Crippen LogP contribution in [0.25, 0.3) is 0 Å². The van der Waals surface area contributed by atoms with Crippen LogP contribution in [0.1, 0.15) is 25.8 Å². The molecule has 1 aromatic carbocycles. The summed E-state index contributed by atoms with van der Waals surface area (Å²) in [6.07, 6.45) is -4.67. The van der Waals surface area contributed by atoms with Gasteiger partial charge in [-0.2, -0.15) is 13.2 Å². The van der Waals surface area contributed by atoms with Crippen molar-refractivity contribution in [2.24, 2.45) is 4.99 Å². The van der Waals surface area contributed by atoms with Gasteiger partial charge < -0.3 is 9.47 Å². The number of halogens is 3. The van der Waals surface area contributed by atoms with Crippen LogP contribution in [0.3, 0.4) is 0 Å². The van der Waals surface area contributed by atoms with E-state index in [-0.39, 0.29) is 24.8 Å². The van der Waals surface area contributed by atoms with Gasteiger partial charge in [0.05, 0.1) is 43.2 Å². The maximum Gasteiger partial charge on any atom is 0.416 e. The smallest absolute Gasteiger partial charge is 0.416 e. The molecule has 0 aliphatic carbocycles. The van der Waals surface area contributed by atoms with Crippen LogP contribution < -0.4 is 0 Å². The zero-order valence-electron chi connectivity index (χ0n) is 12.6. The molecule has 0 amide bonds. The van der Waals surface area contributed by atoms with Crippen molar-refractivity contribution in [1.29, 1.82) is 0 Å². The van der Waals surface area contributed by atoms with Crippen molar-refractivity contribution in [3.05, 3.63) is 29.8 Å². The molecule has 0 unspecified atom stereocenters. The number of ether oxygens (including phenoxy) is 2. The Morgan fingerprint density at radius 1 is 1.32 bits per heavy atom. The highest BCUT2D eigenvalue weighted by molar-refractivity contribution is 6.00. The Bertz CT molecular complexity index is 539. The maximum absolute atomic E-state index is 12.7. The van der Waals surface area contributed by atoms with E-state index >= 15 is 0 Å². The lowest BCUT2D eigenvalue weighted by Gasteiger charge is -2.11. The summed E-state index contributed by atoms with van der Waals surface area (Å²) in [7, 11) is 1.23. The van der Waals surface area contributed by atoms with Crippen LogP contribution in [-0.2, 0) is 20.4 Å². The summed E-state index contributed by atoms with van der Waals surface area (Å²) in [6, 6.07) is 4.58. The van der Waals surface area contributed by atoms with Crippen LogP contribution in [0.15, 0.2) is 29.3 Å². The maximum atomic E-state index is 12.7. The van der Waals surface area contributed by atoms with Crippen molar-refractivity contribution < 1.29 is 27.4 Å². The zero-order valence-corrected chi connectivity index (χ0v) is 12.6. The topological polar surface area (TPSA) is 47.9 Å². The van der Waals surface area contributed by atoms with Crippen molar-refractivity contribution in [2.45, 2.75) is 32.5 Å². The van der Waals surface area contributed by atoms with E-state index in [1.165, 1.54) is 19.2 Å². The molecule has 0 radical (unpaired) electrons. The van der Waals surface area contributed by atoms with Crippen molar-refractivity contribution in [2.75, 3.05) is 13.7 Å². The van der Waals surface area contributed by atoms with E-state index in [0.29, 0.717) is 5.71 Å². The third kappa shape index (κ3) is 6.26. The second kappa shape index (κ2) is 7.93. The van der Waals surface area contributed by atoms with Crippen molar-refractivity contribution in [3.8, 4) is 0 Å². The minimum absolute atomic E-state index is 0.0447. The summed E-state index contributed by atoms with van der Waals surface area (Å²) < 4.78 is 47.9. The molecule has 0 N–H and O–H groups in total. The monoisotopic (exact) mass is 317 g/mol. The lowest BCUT2D eigenvalue weighted by atomic mass is 10.2. The number of methoxy groups -OCH3 is 1. The molecule has 0 aliphatic rings. The Kier molecular flexibility index (Phi) is 6.55. The normalized spacial score (nSPS) is 12.6. The van der Waals surface area contributed by atoms with Gasteiger partial charge in [-0.3, -0.25) is 9.79 Å². The Morgan fingerprint density at radius 2 is 2.00 bits per heavy atom. The van der Waals surface area contributed by atoms with Gasteiger partial charge in [0.15, 0.2) is 0 Å². The highest BCUT2D eigenvalue weighted by Crippen LogP contribution is 2.31. The second-order valence-corrected chi connectivity index (χ2v) is 4.84. The Morgan fingerprint density at radius 3 is 2.55 bits per heavy atom. The first kappa shape index (κ1) is 18.2. The highest BCUT2D eigenvalue weighted by atomic mass is 19.4. The lowest BCUT2D eigenvalue weighted by Crippen LogP contribution is -2.17.